The third-order valence-corrected chi connectivity index (χ3v) is 6.22. The number of phenolic OH excluding ortho intramolecular Hbond substituents is 1. The molecule has 0 bridgehead atoms. The number of para-hydroxylation sites is 1. The summed E-state index contributed by atoms with van der Waals surface area (Å²) in [7, 11) is 0. The molecule has 38 heavy (non-hydrogen) atoms. The Hall–Kier alpha value is -4.56. The van der Waals surface area contributed by atoms with E-state index in [4.69, 9.17) is 5.73 Å². The zero-order valence-corrected chi connectivity index (χ0v) is 22.1. The minimum Gasteiger partial charge on any atom is -0.507 e. The Morgan fingerprint density at radius 2 is 1.05 bits per heavy atom. The number of allylic oxidation sites excluding steroid dienone is 4. The Morgan fingerprint density at radius 3 is 1.61 bits per heavy atom. The van der Waals surface area contributed by atoms with Crippen LogP contribution in [0.4, 0.5) is 5.69 Å². The van der Waals surface area contributed by atoms with Crippen LogP contribution < -0.4 is 5.73 Å². The molecule has 0 unspecified atom stereocenters. The van der Waals surface area contributed by atoms with Gasteiger partial charge in [-0.1, -0.05) is 97.1 Å². The normalized spacial score (nSPS) is 10.1. The van der Waals surface area contributed by atoms with Crippen LogP contribution in [0.1, 0.15) is 22.3 Å². The lowest BCUT2D eigenvalue weighted by molar-refractivity contribution is 0.472. The van der Waals surface area contributed by atoms with Crippen molar-refractivity contribution in [3.8, 4) is 28.0 Å². The third-order valence-electron chi connectivity index (χ3n) is 6.22. The van der Waals surface area contributed by atoms with Gasteiger partial charge in [-0.3, -0.25) is 0 Å². The van der Waals surface area contributed by atoms with Gasteiger partial charge in [-0.2, -0.15) is 0 Å². The molecule has 0 heterocycles. The van der Waals surface area contributed by atoms with Crippen molar-refractivity contribution in [2.45, 2.75) is 25.7 Å². The van der Waals surface area contributed by atoms with Crippen LogP contribution in [0.3, 0.4) is 0 Å². The highest BCUT2D eigenvalue weighted by Gasteiger charge is 2.08. The summed E-state index contributed by atoms with van der Waals surface area (Å²) in [5, 5.41) is 10.3. The fourth-order valence-corrected chi connectivity index (χ4v) is 4.36. The van der Waals surface area contributed by atoms with Gasteiger partial charge < -0.3 is 10.8 Å². The van der Waals surface area contributed by atoms with Gasteiger partial charge in [0.2, 0.25) is 0 Å². The van der Waals surface area contributed by atoms with Crippen molar-refractivity contribution >= 4 is 5.69 Å². The van der Waals surface area contributed by atoms with E-state index in [1.54, 1.807) is 6.08 Å². The zero-order valence-electron chi connectivity index (χ0n) is 22.1. The topological polar surface area (TPSA) is 46.2 Å². The Morgan fingerprint density at radius 1 is 0.553 bits per heavy atom. The number of rotatable bonds is 10. The number of anilines is 1. The molecule has 0 aliphatic carbocycles. The van der Waals surface area contributed by atoms with E-state index in [9.17, 15) is 5.11 Å². The van der Waals surface area contributed by atoms with Gasteiger partial charge in [-0.15, -0.1) is 26.3 Å². The van der Waals surface area contributed by atoms with Crippen LogP contribution in [0.2, 0.25) is 0 Å². The van der Waals surface area contributed by atoms with Crippen LogP contribution >= 0.6 is 0 Å². The molecule has 2 nitrogen and oxygen atoms in total. The van der Waals surface area contributed by atoms with E-state index in [0.29, 0.717) is 12.2 Å². The molecular weight excluding hydrogens is 462 g/mol. The highest BCUT2D eigenvalue weighted by Crippen LogP contribution is 2.33. The molecule has 0 spiro atoms. The van der Waals surface area contributed by atoms with E-state index in [2.05, 4.69) is 68.8 Å². The number of hydrogen-bond donors (Lipinski definition) is 2. The lowest BCUT2D eigenvalue weighted by Gasteiger charge is -2.10. The number of nitrogen functional groups attached to an aromatic ring is 1. The predicted molar refractivity (Wildman–Crippen MR) is 165 cm³/mol. The molecule has 0 aliphatic rings. The molecule has 0 amide bonds. The van der Waals surface area contributed by atoms with Crippen LogP contribution in [-0.4, -0.2) is 5.11 Å². The first kappa shape index (κ1) is 28.0. The molecule has 0 fully saturated rings. The van der Waals surface area contributed by atoms with Gasteiger partial charge in [0.1, 0.15) is 5.75 Å². The minimum absolute atomic E-state index is 0.346. The summed E-state index contributed by atoms with van der Waals surface area (Å²) in [5.41, 5.74) is 15.6. The van der Waals surface area contributed by atoms with Crippen molar-refractivity contribution in [1.82, 2.24) is 0 Å². The molecule has 4 aromatic carbocycles. The SMILES string of the molecule is C=CCc1cccc(-c2cc(CC=C)ccc2N)c1.C=CCc1cccc(-c2cccc(CC=C)c2O)c1. The van der Waals surface area contributed by atoms with Gasteiger partial charge in [-0.25, -0.2) is 0 Å². The highest BCUT2D eigenvalue weighted by molar-refractivity contribution is 5.77. The first-order chi connectivity index (χ1) is 18.5. The fraction of sp³-hybridized carbons (Fsp3) is 0.111. The van der Waals surface area contributed by atoms with E-state index >= 15 is 0 Å². The van der Waals surface area contributed by atoms with Crippen LogP contribution in [0.15, 0.2) is 136 Å². The van der Waals surface area contributed by atoms with Crippen LogP contribution in [-0.2, 0) is 25.7 Å². The standard InChI is InChI=1S/C18H19N.C18H18O/c1-3-6-14-8-5-9-16(12-14)17-13-15(7-4-2)10-11-18(17)19;1-3-7-14-9-5-11-16(13-14)17-12-6-10-15(8-4-2)18(17)19/h3-5,8-13H,1-2,6-7,19H2;3-6,9-13,19H,1-2,7-8H2. The minimum atomic E-state index is 0.346. The second-order valence-corrected chi connectivity index (χ2v) is 9.11. The quantitative estimate of drug-likeness (QED) is 0.169. The van der Waals surface area contributed by atoms with Gasteiger partial charge in [-0.05, 0) is 71.2 Å². The van der Waals surface area contributed by atoms with E-state index < -0.39 is 0 Å². The summed E-state index contributed by atoms with van der Waals surface area (Å²) < 4.78 is 0. The van der Waals surface area contributed by atoms with Crippen molar-refractivity contribution in [3.63, 3.8) is 0 Å². The Bertz CT molecular complexity index is 1360. The van der Waals surface area contributed by atoms with E-state index in [1.807, 2.05) is 60.7 Å². The maximum Gasteiger partial charge on any atom is 0.126 e. The molecule has 192 valence electrons. The summed E-state index contributed by atoms with van der Waals surface area (Å²) in [6.45, 7) is 15.0. The van der Waals surface area contributed by atoms with Crippen LogP contribution in [0.25, 0.3) is 22.3 Å². The number of hydrogen-bond acceptors (Lipinski definition) is 2. The summed E-state index contributed by atoms with van der Waals surface area (Å²) in [4.78, 5) is 0. The molecule has 0 aliphatic heterocycles. The monoisotopic (exact) mass is 499 g/mol. The molecule has 3 N–H and O–H groups in total. The maximum absolute atomic E-state index is 10.3. The van der Waals surface area contributed by atoms with Crippen molar-refractivity contribution in [1.29, 1.82) is 0 Å². The second kappa shape index (κ2) is 14.2. The third kappa shape index (κ3) is 7.47. The van der Waals surface area contributed by atoms with Gasteiger partial charge in [0, 0.05) is 16.8 Å². The average molecular weight is 500 g/mol. The molecule has 4 rings (SSSR count). The molecule has 0 aromatic heterocycles. The molecule has 0 atom stereocenters. The maximum atomic E-state index is 10.3. The van der Waals surface area contributed by atoms with E-state index in [0.717, 1.165) is 52.8 Å². The van der Waals surface area contributed by atoms with Gasteiger partial charge in [0.05, 0.1) is 0 Å². The Balaban J connectivity index is 0.000000211. The van der Waals surface area contributed by atoms with Crippen molar-refractivity contribution in [2.24, 2.45) is 0 Å². The lowest BCUT2D eigenvalue weighted by atomic mass is 9.97. The number of aromatic hydroxyl groups is 1. The Labute approximate surface area is 227 Å². The molecular formula is C36H37NO. The van der Waals surface area contributed by atoms with Gasteiger partial charge in [0.15, 0.2) is 0 Å². The van der Waals surface area contributed by atoms with Crippen molar-refractivity contribution in [3.05, 3.63) is 158 Å². The molecule has 2 heteroatoms. The largest absolute Gasteiger partial charge is 0.507 e. The average Bonchev–Trinajstić information content (AvgIpc) is 2.92. The smallest absolute Gasteiger partial charge is 0.126 e. The molecule has 0 saturated heterocycles. The lowest BCUT2D eigenvalue weighted by Crippen LogP contribution is -1.93. The van der Waals surface area contributed by atoms with Gasteiger partial charge >= 0.3 is 0 Å². The summed E-state index contributed by atoms with van der Waals surface area (Å²) in [5.74, 6) is 0.346. The first-order valence-electron chi connectivity index (χ1n) is 12.8. The Kier molecular flexibility index (Phi) is 10.5. The number of benzene rings is 4. The number of nitrogens with two attached hydrogens (primary N) is 1. The molecule has 4 aromatic rings. The second-order valence-electron chi connectivity index (χ2n) is 9.11. The van der Waals surface area contributed by atoms with Crippen LogP contribution in [0, 0.1) is 0 Å². The fourth-order valence-electron chi connectivity index (χ4n) is 4.36. The van der Waals surface area contributed by atoms with E-state index in [-0.39, 0.29) is 0 Å². The first-order valence-corrected chi connectivity index (χ1v) is 12.8. The van der Waals surface area contributed by atoms with Crippen molar-refractivity contribution in [2.75, 3.05) is 5.73 Å². The van der Waals surface area contributed by atoms with E-state index in [1.165, 1.54) is 16.7 Å². The number of phenols is 1. The zero-order chi connectivity index (χ0) is 27.3. The summed E-state index contributed by atoms with van der Waals surface area (Å²) in [6.07, 6.45) is 10.7. The molecule has 0 saturated carbocycles. The molecule has 0 radical (unpaired) electrons. The summed E-state index contributed by atoms with van der Waals surface area (Å²) in [6, 6.07) is 28.6. The summed E-state index contributed by atoms with van der Waals surface area (Å²) >= 11 is 0. The van der Waals surface area contributed by atoms with Crippen LogP contribution in [0.5, 0.6) is 5.75 Å². The van der Waals surface area contributed by atoms with Crippen molar-refractivity contribution < 1.29 is 5.11 Å². The predicted octanol–water partition coefficient (Wildman–Crippen LogP) is 8.91. The van der Waals surface area contributed by atoms with Gasteiger partial charge in [0.25, 0.3) is 0 Å². The highest BCUT2D eigenvalue weighted by atomic mass is 16.3.